The van der Waals surface area contributed by atoms with Gasteiger partial charge in [-0.3, -0.25) is 14.5 Å². The lowest BCUT2D eigenvalue weighted by atomic mass is 9.81. The van der Waals surface area contributed by atoms with Crippen LogP contribution in [0.25, 0.3) is 0 Å². The Hall–Kier alpha value is -1.21. The van der Waals surface area contributed by atoms with Crippen LogP contribution in [0.3, 0.4) is 0 Å². The fourth-order valence-electron chi connectivity index (χ4n) is 4.68. The van der Waals surface area contributed by atoms with Crippen molar-refractivity contribution in [3.05, 3.63) is 29.8 Å². The molecule has 3 aliphatic rings. The Bertz CT molecular complexity index is 762. The van der Waals surface area contributed by atoms with E-state index in [9.17, 15) is 14.4 Å². The number of alkyl halides is 2. The van der Waals surface area contributed by atoms with Crippen LogP contribution in [0.2, 0.25) is 0 Å². The number of carbonyl (C=O) groups excluding carboxylic acids is 3. The van der Waals surface area contributed by atoms with Crippen LogP contribution in [0.4, 0.5) is 5.69 Å². The van der Waals surface area contributed by atoms with Gasteiger partial charge in [-0.15, -0.1) is 0 Å². The van der Waals surface area contributed by atoms with Crippen molar-refractivity contribution in [1.82, 2.24) is 0 Å². The number of hydrogen-bond acceptors (Lipinski definition) is 4. The maximum Gasteiger partial charge on any atom is 0.338 e. The van der Waals surface area contributed by atoms with E-state index in [1.807, 2.05) is 13.8 Å². The third-order valence-electron chi connectivity index (χ3n) is 5.90. The Labute approximate surface area is 175 Å². The largest absolute Gasteiger partial charge is 0.462 e. The second-order valence-electron chi connectivity index (χ2n) is 8.05. The molecule has 0 aromatic heterocycles. The average Bonchev–Trinajstić information content (AvgIpc) is 3.25. The molecule has 1 aromatic rings. The molecule has 2 amide bonds. The van der Waals surface area contributed by atoms with Gasteiger partial charge >= 0.3 is 5.97 Å². The summed E-state index contributed by atoms with van der Waals surface area (Å²) in [4.78, 5) is 39.8. The van der Waals surface area contributed by atoms with Crippen LogP contribution >= 0.6 is 31.9 Å². The number of esters is 1. The Kier molecular flexibility index (Phi) is 4.95. The van der Waals surface area contributed by atoms with Gasteiger partial charge in [-0.25, -0.2) is 4.79 Å². The predicted octanol–water partition coefficient (Wildman–Crippen LogP) is 3.78. The third-order valence-corrected chi connectivity index (χ3v) is 9.10. The van der Waals surface area contributed by atoms with Gasteiger partial charge in [0.25, 0.3) is 0 Å². The molecule has 2 bridgehead atoms. The van der Waals surface area contributed by atoms with Crippen LogP contribution in [-0.2, 0) is 14.3 Å². The van der Waals surface area contributed by atoms with Gasteiger partial charge in [-0.2, -0.15) is 0 Å². The number of rotatable bonds is 4. The third kappa shape index (κ3) is 2.97. The van der Waals surface area contributed by atoms with Gasteiger partial charge in [0.2, 0.25) is 11.8 Å². The summed E-state index contributed by atoms with van der Waals surface area (Å²) in [5.41, 5.74) is 0.941. The molecule has 0 N–H and O–H groups in total. The number of fused-ring (bicyclic) bond motifs is 5. The number of carbonyl (C=O) groups is 3. The quantitative estimate of drug-likeness (QED) is 0.360. The summed E-state index contributed by atoms with van der Waals surface area (Å²) in [6, 6.07) is 6.54. The Morgan fingerprint density at radius 3 is 2.07 bits per heavy atom. The van der Waals surface area contributed by atoms with Crippen molar-refractivity contribution >= 4 is 55.3 Å². The summed E-state index contributed by atoms with van der Waals surface area (Å²) in [7, 11) is 0. The number of anilines is 1. The van der Waals surface area contributed by atoms with Crippen molar-refractivity contribution in [1.29, 1.82) is 0 Å². The summed E-state index contributed by atoms with van der Waals surface area (Å²) in [6.07, 6.45) is 0.910. The minimum atomic E-state index is -0.395. The van der Waals surface area contributed by atoms with Gasteiger partial charge in [0.1, 0.15) is 0 Å². The molecule has 4 rings (SSSR count). The molecule has 144 valence electrons. The highest BCUT2D eigenvalue weighted by Gasteiger charge is 2.66. The molecule has 27 heavy (non-hydrogen) atoms. The highest BCUT2D eigenvalue weighted by atomic mass is 79.9. The van der Waals surface area contributed by atoms with Crippen molar-refractivity contribution in [3.63, 3.8) is 0 Å². The van der Waals surface area contributed by atoms with Crippen LogP contribution in [0.5, 0.6) is 0 Å². The van der Waals surface area contributed by atoms with Gasteiger partial charge in [0.05, 0.1) is 29.7 Å². The van der Waals surface area contributed by atoms with Crippen molar-refractivity contribution < 1.29 is 19.1 Å². The molecule has 0 spiro atoms. The van der Waals surface area contributed by atoms with E-state index in [2.05, 4.69) is 31.9 Å². The molecule has 0 unspecified atom stereocenters. The molecular formula is C20H21Br2NO4. The topological polar surface area (TPSA) is 63.7 Å². The number of imide groups is 1. The molecule has 7 heteroatoms. The number of hydrogen-bond donors (Lipinski definition) is 0. The monoisotopic (exact) mass is 497 g/mol. The molecule has 0 radical (unpaired) electrons. The van der Waals surface area contributed by atoms with Gasteiger partial charge in [0.15, 0.2) is 0 Å². The predicted molar refractivity (Wildman–Crippen MR) is 108 cm³/mol. The van der Waals surface area contributed by atoms with E-state index >= 15 is 0 Å². The number of halogens is 2. The van der Waals surface area contributed by atoms with E-state index in [0.717, 1.165) is 6.42 Å². The molecule has 1 aliphatic heterocycles. The lowest BCUT2D eigenvalue weighted by molar-refractivity contribution is -0.123. The zero-order chi connectivity index (χ0) is 19.5. The first-order chi connectivity index (χ1) is 12.8. The van der Waals surface area contributed by atoms with E-state index in [1.165, 1.54) is 4.90 Å². The first-order valence-corrected chi connectivity index (χ1v) is 11.1. The Balaban J connectivity index is 1.54. The molecule has 5 nitrogen and oxygen atoms in total. The zero-order valence-corrected chi connectivity index (χ0v) is 18.3. The summed E-state index contributed by atoms with van der Waals surface area (Å²) in [6.45, 7) is 4.30. The van der Waals surface area contributed by atoms with E-state index < -0.39 is 5.97 Å². The standard InChI is InChI=1S/C20H21Br2NO4/c1-9(2)8-27-20(26)10-3-5-11(6-4-10)23-18(24)14-12-7-13(15(14)19(23)25)17(22)16(12)21/h3-6,9,12-17H,7-8H2,1-2H3/t12-,13-,14-,15-,16-,17+/m0/s1. The minimum absolute atomic E-state index is 0.114. The number of nitrogens with zero attached hydrogens (tertiary/aromatic N) is 1. The SMILES string of the molecule is CC(C)COC(=O)c1ccc(N2C(=O)[C@H]3[C@@H]4C[C@H]([C@@H](Br)[C@H]4Br)[C@@H]3C2=O)cc1. The van der Waals surface area contributed by atoms with Crippen molar-refractivity contribution in [2.24, 2.45) is 29.6 Å². The number of ether oxygens (including phenoxy) is 1. The fraction of sp³-hybridized carbons (Fsp3) is 0.550. The Morgan fingerprint density at radius 2 is 1.59 bits per heavy atom. The molecule has 3 fully saturated rings. The molecule has 1 aromatic carbocycles. The highest BCUT2D eigenvalue weighted by Crippen LogP contribution is 2.60. The van der Waals surface area contributed by atoms with E-state index in [4.69, 9.17) is 4.74 Å². The van der Waals surface area contributed by atoms with Crippen LogP contribution in [0.15, 0.2) is 24.3 Å². The van der Waals surface area contributed by atoms with Crippen LogP contribution in [0.1, 0.15) is 30.6 Å². The molecule has 2 saturated carbocycles. The van der Waals surface area contributed by atoms with Crippen LogP contribution in [-0.4, -0.2) is 34.0 Å². The van der Waals surface area contributed by atoms with Crippen molar-refractivity contribution in [2.45, 2.75) is 29.9 Å². The average molecular weight is 499 g/mol. The van der Waals surface area contributed by atoms with Crippen molar-refractivity contribution in [3.8, 4) is 0 Å². The summed E-state index contributed by atoms with van der Waals surface area (Å²) < 4.78 is 5.22. The molecular weight excluding hydrogens is 478 g/mol. The van der Waals surface area contributed by atoms with Gasteiger partial charge in [0, 0.05) is 9.65 Å². The molecule has 6 atom stereocenters. The lowest BCUT2D eigenvalue weighted by Crippen LogP contribution is -2.37. The van der Waals surface area contributed by atoms with E-state index in [0.29, 0.717) is 17.9 Å². The highest BCUT2D eigenvalue weighted by molar-refractivity contribution is 9.12. The first kappa shape index (κ1) is 19.1. The fourth-order valence-corrected chi connectivity index (χ4v) is 6.55. The second-order valence-corrected chi connectivity index (χ2v) is 10.2. The summed E-state index contributed by atoms with van der Waals surface area (Å²) in [5.74, 6) is -0.458. The lowest BCUT2D eigenvalue weighted by Gasteiger charge is -2.28. The summed E-state index contributed by atoms with van der Waals surface area (Å²) in [5, 5.41) is 0. The number of amides is 2. The first-order valence-electron chi connectivity index (χ1n) is 9.24. The molecule has 2 aliphatic carbocycles. The maximum atomic E-state index is 13.0. The van der Waals surface area contributed by atoms with Gasteiger partial charge < -0.3 is 4.74 Å². The smallest absolute Gasteiger partial charge is 0.338 e. The second kappa shape index (κ2) is 6.99. The maximum absolute atomic E-state index is 13.0. The van der Waals surface area contributed by atoms with Gasteiger partial charge in [-0.05, 0) is 48.4 Å². The van der Waals surface area contributed by atoms with Crippen LogP contribution < -0.4 is 4.90 Å². The Morgan fingerprint density at radius 1 is 1.07 bits per heavy atom. The minimum Gasteiger partial charge on any atom is -0.462 e. The van der Waals surface area contributed by atoms with E-state index in [1.54, 1.807) is 24.3 Å². The molecule has 1 saturated heterocycles. The normalized spacial score (nSPS) is 34.5. The van der Waals surface area contributed by atoms with Crippen LogP contribution in [0, 0.1) is 29.6 Å². The number of benzene rings is 1. The zero-order valence-electron chi connectivity index (χ0n) is 15.1. The van der Waals surface area contributed by atoms with Crippen molar-refractivity contribution in [2.75, 3.05) is 11.5 Å². The molecule has 1 heterocycles. The van der Waals surface area contributed by atoms with E-state index in [-0.39, 0.29) is 51.1 Å². The van der Waals surface area contributed by atoms with Gasteiger partial charge in [-0.1, -0.05) is 45.7 Å². The summed E-state index contributed by atoms with van der Waals surface area (Å²) >= 11 is 7.38.